The predicted molar refractivity (Wildman–Crippen MR) is 99.7 cm³/mol. The average molecular weight is 372 g/mol. The first-order valence-corrected chi connectivity index (χ1v) is 9.06. The number of carbonyl (C=O) groups excluding carboxylic acids is 1. The second kappa shape index (κ2) is 9.89. The van der Waals surface area contributed by atoms with E-state index in [4.69, 9.17) is 13.9 Å². The third-order valence-corrected chi connectivity index (χ3v) is 4.27. The Hall–Kier alpha value is -2.64. The summed E-state index contributed by atoms with van der Waals surface area (Å²) in [6.07, 6.45) is 2.01. The zero-order valence-electron chi connectivity index (χ0n) is 15.2. The fourth-order valence-corrected chi connectivity index (χ4v) is 2.79. The van der Waals surface area contributed by atoms with E-state index in [9.17, 15) is 9.59 Å². The van der Waals surface area contributed by atoms with E-state index in [1.165, 1.54) is 12.3 Å². The standard InChI is InChI=1S/C20H24N2O5/c23-18-12-17(13-22-8-10-25-11-9-22)26-14-19(18)27-15-20(24)21-7-6-16-4-2-1-3-5-16/h1-5,12,14H,6-11,13,15H2,(H,21,24). The molecule has 2 heterocycles. The van der Waals surface area contributed by atoms with Gasteiger partial charge in [0.05, 0.1) is 19.8 Å². The molecule has 1 N–H and O–H groups in total. The fourth-order valence-electron chi connectivity index (χ4n) is 2.79. The summed E-state index contributed by atoms with van der Waals surface area (Å²) in [5, 5.41) is 2.77. The topological polar surface area (TPSA) is 81.0 Å². The van der Waals surface area contributed by atoms with Crippen LogP contribution in [-0.4, -0.2) is 50.3 Å². The molecule has 1 aliphatic heterocycles. The zero-order valence-corrected chi connectivity index (χ0v) is 15.2. The van der Waals surface area contributed by atoms with Gasteiger partial charge in [-0.05, 0) is 12.0 Å². The van der Waals surface area contributed by atoms with Gasteiger partial charge in [0.1, 0.15) is 12.0 Å². The largest absolute Gasteiger partial charge is 0.477 e. The lowest BCUT2D eigenvalue weighted by molar-refractivity contribution is -0.123. The first-order chi connectivity index (χ1) is 13.2. The predicted octanol–water partition coefficient (Wildman–Crippen LogP) is 1.21. The van der Waals surface area contributed by atoms with Crippen molar-refractivity contribution in [2.45, 2.75) is 13.0 Å². The van der Waals surface area contributed by atoms with Crippen molar-refractivity contribution in [1.29, 1.82) is 0 Å². The summed E-state index contributed by atoms with van der Waals surface area (Å²) in [7, 11) is 0. The maximum absolute atomic E-state index is 12.1. The summed E-state index contributed by atoms with van der Waals surface area (Å²) in [6, 6.07) is 11.3. The van der Waals surface area contributed by atoms with Crippen molar-refractivity contribution in [2.75, 3.05) is 39.5 Å². The molecule has 0 unspecified atom stereocenters. The van der Waals surface area contributed by atoms with Gasteiger partial charge in [0.25, 0.3) is 5.91 Å². The Morgan fingerprint density at radius 2 is 1.96 bits per heavy atom. The van der Waals surface area contributed by atoms with Gasteiger partial charge in [0, 0.05) is 25.7 Å². The van der Waals surface area contributed by atoms with Gasteiger partial charge in [-0.1, -0.05) is 30.3 Å². The number of rotatable bonds is 8. The Labute approximate surface area is 157 Å². The molecule has 0 aliphatic carbocycles. The number of ether oxygens (including phenoxy) is 2. The second-order valence-corrected chi connectivity index (χ2v) is 6.34. The Balaban J connectivity index is 1.42. The van der Waals surface area contributed by atoms with E-state index in [0.29, 0.717) is 32.1 Å². The van der Waals surface area contributed by atoms with E-state index in [1.807, 2.05) is 30.3 Å². The van der Waals surface area contributed by atoms with Crippen molar-refractivity contribution in [1.82, 2.24) is 10.2 Å². The highest BCUT2D eigenvalue weighted by atomic mass is 16.5. The summed E-state index contributed by atoms with van der Waals surface area (Å²) in [5.74, 6) is 0.336. The molecule has 1 aliphatic rings. The summed E-state index contributed by atoms with van der Waals surface area (Å²) in [6.45, 7) is 3.84. The molecule has 0 spiro atoms. The van der Waals surface area contributed by atoms with E-state index >= 15 is 0 Å². The fraction of sp³-hybridized carbons (Fsp3) is 0.400. The van der Waals surface area contributed by atoms with Crippen molar-refractivity contribution in [3.8, 4) is 5.75 Å². The Kier molecular flexibility index (Phi) is 7.01. The molecule has 0 radical (unpaired) electrons. The van der Waals surface area contributed by atoms with Crippen LogP contribution >= 0.6 is 0 Å². The number of amides is 1. The Morgan fingerprint density at radius 1 is 1.19 bits per heavy atom. The second-order valence-electron chi connectivity index (χ2n) is 6.34. The molecule has 0 saturated carbocycles. The average Bonchev–Trinajstić information content (AvgIpc) is 2.69. The number of nitrogens with one attached hydrogen (secondary N) is 1. The van der Waals surface area contributed by atoms with Crippen molar-refractivity contribution in [3.63, 3.8) is 0 Å². The Bertz CT molecular complexity index is 784. The van der Waals surface area contributed by atoms with E-state index in [-0.39, 0.29) is 23.7 Å². The van der Waals surface area contributed by atoms with Crippen molar-refractivity contribution in [2.24, 2.45) is 0 Å². The van der Waals surface area contributed by atoms with E-state index < -0.39 is 0 Å². The quantitative estimate of drug-likeness (QED) is 0.750. The van der Waals surface area contributed by atoms with Crippen LogP contribution in [0.5, 0.6) is 5.75 Å². The molecule has 7 nitrogen and oxygen atoms in total. The highest BCUT2D eigenvalue weighted by Gasteiger charge is 2.13. The Morgan fingerprint density at radius 3 is 2.70 bits per heavy atom. The molecule has 1 amide bonds. The normalized spacial score (nSPS) is 14.7. The van der Waals surface area contributed by atoms with Gasteiger partial charge in [0.15, 0.2) is 6.61 Å². The van der Waals surface area contributed by atoms with Crippen LogP contribution in [0.25, 0.3) is 0 Å². The van der Waals surface area contributed by atoms with Crippen molar-refractivity contribution < 1.29 is 18.7 Å². The van der Waals surface area contributed by atoms with Gasteiger partial charge >= 0.3 is 0 Å². The minimum absolute atomic E-state index is 0.0407. The molecule has 7 heteroatoms. The van der Waals surface area contributed by atoms with Crippen molar-refractivity contribution >= 4 is 5.91 Å². The van der Waals surface area contributed by atoms with Crippen LogP contribution in [0.2, 0.25) is 0 Å². The van der Waals surface area contributed by atoms with Crippen LogP contribution in [0, 0.1) is 0 Å². The number of nitrogens with zero attached hydrogens (tertiary/aromatic N) is 1. The highest BCUT2D eigenvalue weighted by molar-refractivity contribution is 5.77. The minimum Gasteiger partial charge on any atom is -0.477 e. The van der Waals surface area contributed by atoms with Crippen LogP contribution in [-0.2, 0) is 22.5 Å². The molecular weight excluding hydrogens is 348 g/mol. The number of carbonyl (C=O) groups is 1. The van der Waals surface area contributed by atoms with Gasteiger partial charge in [0.2, 0.25) is 11.2 Å². The maximum Gasteiger partial charge on any atom is 0.257 e. The van der Waals surface area contributed by atoms with Crippen LogP contribution in [0.1, 0.15) is 11.3 Å². The molecule has 2 aromatic rings. The SMILES string of the molecule is O=C(COc1coc(CN2CCOCC2)cc1=O)NCCc1ccccc1. The molecule has 27 heavy (non-hydrogen) atoms. The summed E-state index contributed by atoms with van der Waals surface area (Å²) in [4.78, 5) is 26.1. The third kappa shape index (κ3) is 6.23. The zero-order chi connectivity index (χ0) is 18.9. The van der Waals surface area contributed by atoms with E-state index in [2.05, 4.69) is 10.2 Å². The van der Waals surface area contributed by atoms with Gasteiger partial charge in [-0.15, -0.1) is 0 Å². The molecule has 0 atom stereocenters. The third-order valence-electron chi connectivity index (χ3n) is 4.27. The minimum atomic E-state index is -0.290. The number of morpholine rings is 1. The molecular formula is C20H24N2O5. The lowest BCUT2D eigenvalue weighted by Gasteiger charge is -2.25. The van der Waals surface area contributed by atoms with Gasteiger partial charge < -0.3 is 19.2 Å². The lowest BCUT2D eigenvalue weighted by atomic mass is 10.1. The van der Waals surface area contributed by atoms with Crippen LogP contribution < -0.4 is 15.5 Å². The summed E-state index contributed by atoms with van der Waals surface area (Å²) in [5.41, 5.74) is 0.858. The molecule has 1 saturated heterocycles. The van der Waals surface area contributed by atoms with Crippen molar-refractivity contribution in [3.05, 3.63) is 64.2 Å². The smallest absolute Gasteiger partial charge is 0.257 e. The van der Waals surface area contributed by atoms with E-state index in [0.717, 1.165) is 25.1 Å². The van der Waals surface area contributed by atoms with Crippen LogP contribution in [0.3, 0.4) is 0 Å². The lowest BCUT2D eigenvalue weighted by Crippen LogP contribution is -2.35. The van der Waals surface area contributed by atoms with Gasteiger partial charge in [-0.25, -0.2) is 0 Å². The first-order valence-electron chi connectivity index (χ1n) is 9.06. The van der Waals surface area contributed by atoms with Gasteiger partial charge in [-0.3, -0.25) is 14.5 Å². The molecule has 3 rings (SSSR count). The van der Waals surface area contributed by atoms with E-state index in [1.54, 1.807) is 0 Å². The van der Waals surface area contributed by atoms with Gasteiger partial charge in [-0.2, -0.15) is 0 Å². The molecule has 0 bridgehead atoms. The molecule has 144 valence electrons. The number of benzene rings is 1. The number of hydrogen-bond acceptors (Lipinski definition) is 6. The van der Waals surface area contributed by atoms with Crippen LogP contribution in [0.15, 0.2) is 51.9 Å². The molecule has 1 aromatic carbocycles. The van der Waals surface area contributed by atoms with Crippen LogP contribution in [0.4, 0.5) is 0 Å². The number of hydrogen-bond donors (Lipinski definition) is 1. The summed E-state index contributed by atoms with van der Waals surface area (Å²) >= 11 is 0. The monoisotopic (exact) mass is 372 g/mol. The molecule has 1 aromatic heterocycles. The maximum atomic E-state index is 12.1. The first kappa shape index (κ1) is 19.1. The summed E-state index contributed by atoms with van der Waals surface area (Å²) < 4.78 is 16.1. The highest BCUT2D eigenvalue weighted by Crippen LogP contribution is 2.09. The molecule has 1 fully saturated rings.